The monoisotopic (exact) mass is 420 g/mol. The van der Waals surface area contributed by atoms with E-state index in [0.29, 0.717) is 31.1 Å². The van der Waals surface area contributed by atoms with Gasteiger partial charge in [0, 0.05) is 16.6 Å². The molecular formula is C22H20N4O3S. The highest BCUT2D eigenvalue weighted by Crippen LogP contribution is 2.31. The summed E-state index contributed by atoms with van der Waals surface area (Å²) in [6.45, 7) is 1.40. The zero-order valence-electron chi connectivity index (χ0n) is 16.4. The summed E-state index contributed by atoms with van der Waals surface area (Å²) in [4.78, 5) is 15.6. The van der Waals surface area contributed by atoms with E-state index in [1.54, 1.807) is 34.2 Å². The van der Waals surface area contributed by atoms with Crippen LogP contribution in [0.2, 0.25) is 0 Å². The Balaban J connectivity index is 1.23. The molecule has 5 rings (SSSR count). The molecule has 1 atom stereocenters. The fourth-order valence-electron chi connectivity index (χ4n) is 3.46. The number of fused-ring (bicyclic) bond motifs is 2. The lowest BCUT2D eigenvalue weighted by atomic mass is 10.2. The molecule has 4 aromatic rings. The zero-order chi connectivity index (χ0) is 20.5. The quantitative estimate of drug-likeness (QED) is 0.493. The molecule has 1 aliphatic heterocycles. The number of thiophene rings is 1. The van der Waals surface area contributed by atoms with Crippen LogP contribution in [0, 0.1) is 0 Å². The predicted molar refractivity (Wildman–Crippen MR) is 114 cm³/mol. The molecule has 0 unspecified atom stereocenters. The summed E-state index contributed by atoms with van der Waals surface area (Å²) in [5.74, 6) is 1.30. The Morgan fingerprint density at radius 3 is 2.87 bits per heavy atom. The van der Waals surface area contributed by atoms with E-state index < -0.39 is 0 Å². The molecule has 0 spiro atoms. The van der Waals surface area contributed by atoms with Crippen LogP contribution in [0.25, 0.3) is 10.1 Å². The van der Waals surface area contributed by atoms with Crippen molar-refractivity contribution in [1.29, 1.82) is 0 Å². The van der Waals surface area contributed by atoms with Crippen molar-refractivity contribution in [3.8, 4) is 11.5 Å². The van der Waals surface area contributed by atoms with E-state index in [0.717, 1.165) is 10.6 Å². The average Bonchev–Trinajstić information content (AvgIpc) is 3.39. The van der Waals surface area contributed by atoms with Gasteiger partial charge in [0.2, 0.25) is 0 Å². The van der Waals surface area contributed by atoms with Crippen molar-refractivity contribution >= 4 is 27.3 Å². The van der Waals surface area contributed by atoms with Crippen LogP contribution in [0.15, 0.2) is 60.8 Å². The smallest absolute Gasteiger partial charge is 0.276 e. The van der Waals surface area contributed by atoms with Crippen molar-refractivity contribution in [2.45, 2.75) is 19.2 Å². The Morgan fingerprint density at radius 1 is 1.20 bits per heavy atom. The van der Waals surface area contributed by atoms with Gasteiger partial charge in [-0.2, -0.15) is 0 Å². The Kier molecular flexibility index (Phi) is 4.84. The maximum Gasteiger partial charge on any atom is 0.276 e. The van der Waals surface area contributed by atoms with Crippen LogP contribution in [-0.2, 0) is 13.1 Å². The number of ether oxygens (including phenoxy) is 2. The first-order chi connectivity index (χ1) is 14.7. The second-order valence-corrected chi connectivity index (χ2v) is 8.40. The molecule has 0 fully saturated rings. The van der Waals surface area contributed by atoms with E-state index in [4.69, 9.17) is 9.47 Å². The van der Waals surface area contributed by atoms with Gasteiger partial charge in [-0.1, -0.05) is 35.5 Å². The number of carbonyl (C=O) groups is 1. The number of carbonyl (C=O) groups excluding carboxylic acids is 1. The summed E-state index contributed by atoms with van der Waals surface area (Å²) < 4.78 is 14.5. The van der Waals surface area contributed by atoms with Gasteiger partial charge in [0.15, 0.2) is 23.3 Å². The predicted octanol–water partition coefficient (Wildman–Crippen LogP) is 3.61. The SMILES string of the molecule is CN(Cc1cc2ccccc2s1)C(=O)c1cn(C[C@H]2COc3ccccc3O2)nn1. The largest absolute Gasteiger partial charge is 0.486 e. The van der Waals surface area contributed by atoms with Crippen LogP contribution < -0.4 is 9.47 Å². The lowest BCUT2D eigenvalue weighted by Gasteiger charge is -2.26. The molecule has 8 heteroatoms. The van der Waals surface area contributed by atoms with E-state index in [2.05, 4.69) is 28.5 Å². The fourth-order valence-corrected chi connectivity index (χ4v) is 4.58. The lowest BCUT2D eigenvalue weighted by Crippen LogP contribution is -2.33. The van der Waals surface area contributed by atoms with Crippen LogP contribution in [0.4, 0.5) is 0 Å². The Morgan fingerprint density at radius 2 is 2.00 bits per heavy atom. The van der Waals surface area contributed by atoms with Gasteiger partial charge in [0.25, 0.3) is 5.91 Å². The van der Waals surface area contributed by atoms with E-state index in [9.17, 15) is 4.79 Å². The number of para-hydroxylation sites is 2. The number of nitrogens with zero attached hydrogens (tertiary/aromatic N) is 4. The normalized spacial score (nSPS) is 15.3. The average molecular weight is 420 g/mol. The van der Waals surface area contributed by atoms with Gasteiger partial charge in [0.05, 0.1) is 19.3 Å². The van der Waals surface area contributed by atoms with Crippen molar-refractivity contribution in [2.75, 3.05) is 13.7 Å². The maximum atomic E-state index is 12.8. The van der Waals surface area contributed by atoms with Gasteiger partial charge >= 0.3 is 0 Å². The second-order valence-electron chi connectivity index (χ2n) is 7.24. The highest BCUT2D eigenvalue weighted by Gasteiger charge is 2.23. The minimum atomic E-state index is -0.194. The van der Waals surface area contributed by atoms with Crippen LogP contribution in [0.5, 0.6) is 11.5 Å². The Labute approximate surface area is 177 Å². The standard InChI is InChI=1S/C22H20N4O3S/c1-25(12-17-10-15-6-2-5-9-21(15)30-17)22(27)18-13-26(24-23-18)11-16-14-28-19-7-3-4-8-20(19)29-16/h2-10,13,16H,11-12,14H2,1H3/t16-/m0/s1. The van der Waals surface area contributed by atoms with Crippen LogP contribution in [0.1, 0.15) is 15.4 Å². The van der Waals surface area contributed by atoms with E-state index in [1.807, 2.05) is 36.4 Å². The van der Waals surface area contributed by atoms with Gasteiger partial charge in [-0.05, 0) is 29.7 Å². The summed E-state index contributed by atoms with van der Waals surface area (Å²) in [6, 6.07) is 17.9. The first kappa shape index (κ1) is 18.6. The number of hydrogen-bond donors (Lipinski definition) is 0. The molecule has 0 saturated carbocycles. The van der Waals surface area contributed by atoms with E-state index in [-0.39, 0.29) is 12.0 Å². The molecule has 1 aliphatic rings. The third-order valence-electron chi connectivity index (χ3n) is 4.93. The van der Waals surface area contributed by atoms with Gasteiger partial charge in [0.1, 0.15) is 6.61 Å². The molecule has 0 bridgehead atoms. The minimum absolute atomic E-state index is 0.162. The summed E-state index contributed by atoms with van der Waals surface area (Å²) >= 11 is 1.70. The third-order valence-corrected chi connectivity index (χ3v) is 6.03. The van der Waals surface area contributed by atoms with Gasteiger partial charge in [-0.15, -0.1) is 16.4 Å². The molecule has 30 heavy (non-hydrogen) atoms. The molecule has 0 radical (unpaired) electrons. The zero-order valence-corrected chi connectivity index (χ0v) is 17.2. The fraction of sp³-hybridized carbons (Fsp3) is 0.227. The Bertz CT molecular complexity index is 1170. The molecule has 1 amide bonds. The van der Waals surface area contributed by atoms with Crippen molar-refractivity contribution in [2.24, 2.45) is 0 Å². The molecule has 0 saturated heterocycles. The summed E-state index contributed by atoms with van der Waals surface area (Å²) in [6.07, 6.45) is 1.47. The first-order valence-electron chi connectivity index (χ1n) is 9.67. The maximum absolute atomic E-state index is 12.8. The molecule has 3 heterocycles. The molecule has 7 nitrogen and oxygen atoms in total. The number of amides is 1. The van der Waals surface area contributed by atoms with Crippen molar-refractivity contribution in [1.82, 2.24) is 19.9 Å². The van der Waals surface area contributed by atoms with E-state index >= 15 is 0 Å². The minimum Gasteiger partial charge on any atom is -0.486 e. The van der Waals surface area contributed by atoms with E-state index in [1.165, 1.54) is 10.1 Å². The van der Waals surface area contributed by atoms with Gasteiger partial charge in [-0.25, -0.2) is 4.68 Å². The number of aromatic nitrogens is 3. The number of hydrogen-bond acceptors (Lipinski definition) is 6. The lowest BCUT2D eigenvalue weighted by molar-refractivity contribution is 0.0752. The first-order valence-corrected chi connectivity index (χ1v) is 10.5. The van der Waals surface area contributed by atoms with Crippen LogP contribution >= 0.6 is 11.3 Å². The van der Waals surface area contributed by atoms with Crippen LogP contribution in [-0.4, -0.2) is 45.6 Å². The summed E-state index contributed by atoms with van der Waals surface area (Å²) in [5, 5.41) is 9.35. The van der Waals surface area contributed by atoms with Crippen molar-refractivity contribution in [3.63, 3.8) is 0 Å². The summed E-state index contributed by atoms with van der Waals surface area (Å²) in [5.41, 5.74) is 0.315. The molecular weight excluding hydrogens is 400 g/mol. The molecule has 0 N–H and O–H groups in total. The second kappa shape index (κ2) is 7.79. The number of benzene rings is 2. The topological polar surface area (TPSA) is 69.5 Å². The molecule has 2 aromatic heterocycles. The molecule has 0 aliphatic carbocycles. The Hall–Kier alpha value is -3.39. The van der Waals surface area contributed by atoms with Gasteiger partial charge in [-0.3, -0.25) is 4.79 Å². The van der Waals surface area contributed by atoms with Crippen molar-refractivity contribution in [3.05, 3.63) is 71.4 Å². The molecule has 152 valence electrons. The number of rotatable bonds is 5. The summed E-state index contributed by atoms with van der Waals surface area (Å²) in [7, 11) is 1.78. The third kappa shape index (κ3) is 3.73. The molecule has 2 aromatic carbocycles. The van der Waals surface area contributed by atoms with Crippen molar-refractivity contribution < 1.29 is 14.3 Å². The highest BCUT2D eigenvalue weighted by atomic mass is 32.1. The van der Waals surface area contributed by atoms with Gasteiger partial charge < -0.3 is 14.4 Å². The highest BCUT2D eigenvalue weighted by molar-refractivity contribution is 7.19. The van der Waals surface area contributed by atoms with Crippen LogP contribution in [0.3, 0.4) is 0 Å².